The molecule has 0 radical (unpaired) electrons. The number of ether oxygens (including phenoxy) is 2. The van der Waals surface area contributed by atoms with Crippen LogP contribution in [0, 0.1) is 5.92 Å². The predicted molar refractivity (Wildman–Crippen MR) is 96.0 cm³/mol. The van der Waals surface area contributed by atoms with E-state index in [1.54, 1.807) is 6.92 Å². The van der Waals surface area contributed by atoms with Gasteiger partial charge in [0.05, 0.1) is 29.5 Å². The Kier molecular flexibility index (Phi) is 8.58. The molecule has 0 N–H and O–H groups in total. The number of rotatable bonds is 8. The summed E-state index contributed by atoms with van der Waals surface area (Å²) in [5.74, 6) is -2.92. The van der Waals surface area contributed by atoms with Crippen LogP contribution in [0.25, 0.3) is 0 Å². The van der Waals surface area contributed by atoms with E-state index in [2.05, 4.69) is 4.99 Å². The second-order valence-electron chi connectivity index (χ2n) is 5.04. The Morgan fingerprint density at radius 1 is 1.20 bits per heavy atom. The van der Waals surface area contributed by atoms with Crippen LogP contribution in [0.5, 0.6) is 0 Å². The maximum atomic E-state index is 11.9. The van der Waals surface area contributed by atoms with Crippen molar-refractivity contribution in [2.24, 2.45) is 10.9 Å². The Hall–Kier alpha value is -1.92. The molecule has 0 saturated heterocycles. The van der Waals surface area contributed by atoms with Crippen LogP contribution in [-0.2, 0) is 19.1 Å². The zero-order chi connectivity index (χ0) is 19.0. The number of halogens is 2. The molecular weight excluding hydrogens is 369 g/mol. The lowest BCUT2D eigenvalue weighted by Gasteiger charge is -2.10. The molecule has 1 aromatic rings. The zero-order valence-electron chi connectivity index (χ0n) is 14.2. The molecular formula is C17H19Cl2NO5. The summed E-state index contributed by atoms with van der Waals surface area (Å²) in [5, 5.41) is 0.232. The van der Waals surface area contributed by atoms with Crippen molar-refractivity contribution in [1.29, 1.82) is 0 Å². The third kappa shape index (κ3) is 6.14. The Labute approximate surface area is 156 Å². The van der Waals surface area contributed by atoms with Crippen molar-refractivity contribution < 1.29 is 23.9 Å². The summed E-state index contributed by atoms with van der Waals surface area (Å²) < 4.78 is 9.87. The zero-order valence-corrected chi connectivity index (χ0v) is 15.7. The van der Waals surface area contributed by atoms with E-state index in [0.717, 1.165) is 6.21 Å². The summed E-state index contributed by atoms with van der Waals surface area (Å²) in [6.45, 7) is 5.15. The molecule has 25 heavy (non-hydrogen) atoms. The second kappa shape index (κ2) is 10.2. The van der Waals surface area contributed by atoms with Crippen molar-refractivity contribution in [1.82, 2.24) is 0 Å². The molecule has 0 aliphatic heterocycles. The van der Waals surface area contributed by atoms with Crippen LogP contribution in [0.2, 0.25) is 10.0 Å². The van der Waals surface area contributed by atoms with Gasteiger partial charge in [-0.25, -0.2) is 4.79 Å². The lowest BCUT2D eigenvalue weighted by molar-refractivity contribution is -0.148. The Morgan fingerprint density at radius 3 is 2.44 bits per heavy atom. The predicted octanol–water partition coefficient (Wildman–Crippen LogP) is 4.03. The number of esters is 2. The third-order valence-corrected chi connectivity index (χ3v) is 3.63. The number of carbonyl (C=O) groups is 3. The molecule has 0 fully saturated rings. The summed E-state index contributed by atoms with van der Waals surface area (Å²) in [6.07, 6.45) is 1.77. The van der Waals surface area contributed by atoms with Crippen molar-refractivity contribution in [3.8, 4) is 0 Å². The highest BCUT2D eigenvalue weighted by atomic mass is 35.5. The van der Waals surface area contributed by atoms with Crippen LogP contribution in [0.1, 0.15) is 37.6 Å². The van der Waals surface area contributed by atoms with Crippen molar-refractivity contribution in [2.45, 2.75) is 27.2 Å². The van der Waals surface area contributed by atoms with Gasteiger partial charge in [-0.2, -0.15) is 0 Å². The standard InChI is InChI=1S/C17H19Cl2NO5/c1-4-6-25-17(23)13(10(3)21)9-20-14-8-11(18)7-12(15(14)19)16(22)24-5-2/h7-9,13H,4-6H2,1-3H3. The van der Waals surface area contributed by atoms with E-state index in [1.807, 2.05) is 6.92 Å². The number of nitrogens with zero attached hydrogens (tertiary/aromatic N) is 1. The van der Waals surface area contributed by atoms with Gasteiger partial charge in [-0.15, -0.1) is 0 Å². The Balaban J connectivity index is 3.14. The summed E-state index contributed by atoms with van der Waals surface area (Å²) in [4.78, 5) is 39.5. The molecule has 1 rings (SSSR count). The van der Waals surface area contributed by atoms with E-state index >= 15 is 0 Å². The molecule has 0 heterocycles. The largest absolute Gasteiger partial charge is 0.465 e. The van der Waals surface area contributed by atoms with Gasteiger partial charge in [0, 0.05) is 11.2 Å². The van der Waals surface area contributed by atoms with Crippen LogP contribution in [-0.4, -0.2) is 37.2 Å². The number of aliphatic imine (C=N–C) groups is 1. The molecule has 0 aliphatic carbocycles. The van der Waals surface area contributed by atoms with E-state index in [0.29, 0.717) is 6.42 Å². The molecule has 0 aromatic heterocycles. The van der Waals surface area contributed by atoms with Gasteiger partial charge in [0.1, 0.15) is 5.78 Å². The molecule has 6 nitrogen and oxygen atoms in total. The summed E-state index contributed by atoms with van der Waals surface area (Å²) in [6, 6.07) is 2.77. The third-order valence-electron chi connectivity index (χ3n) is 3.02. The highest BCUT2D eigenvalue weighted by Gasteiger charge is 2.23. The first-order chi connectivity index (χ1) is 11.8. The minimum absolute atomic E-state index is 0.0170. The maximum absolute atomic E-state index is 11.9. The van der Waals surface area contributed by atoms with Gasteiger partial charge in [0.2, 0.25) is 0 Å². The highest BCUT2D eigenvalue weighted by Crippen LogP contribution is 2.33. The molecule has 136 valence electrons. The minimum Gasteiger partial charge on any atom is -0.465 e. The SMILES string of the molecule is CCCOC(=O)C(C=Nc1cc(Cl)cc(C(=O)OCC)c1Cl)C(C)=O. The number of ketones is 1. The molecule has 1 unspecified atom stereocenters. The van der Waals surface area contributed by atoms with Crippen LogP contribution in [0.3, 0.4) is 0 Å². The van der Waals surface area contributed by atoms with Crippen molar-refractivity contribution in [3.05, 3.63) is 27.7 Å². The molecule has 0 bridgehead atoms. The number of benzene rings is 1. The average molecular weight is 388 g/mol. The van der Waals surface area contributed by atoms with Crippen molar-refractivity contribution >= 4 is 52.8 Å². The van der Waals surface area contributed by atoms with E-state index in [4.69, 9.17) is 32.7 Å². The first-order valence-corrected chi connectivity index (χ1v) is 8.44. The van der Waals surface area contributed by atoms with Crippen LogP contribution >= 0.6 is 23.2 Å². The molecule has 1 atom stereocenters. The van der Waals surface area contributed by atoms with Crippen LogP contribution < -0.4 is 0 Å². The molecule has 1 aromatic carbocycles. The van der Waals surface area contributed by atoms with E-state index < -0.39 is 23.6 Å². The number of Topliss-reactive ketones (excluding diaryl/α,β-unsaturated/α-hetero) is 1. The van der Waals surface area contributed by atoms with E-state index in [9.17, 15) is 14.4 Å². The second-order valence-corrected chi connectivity index (χ2v) is 5.86. The number of hydrogen-bond donors (Lipinski definition) is 0. The molecule has 8 heteroatoms. The lowest BCUT2D eigenvalue weighted by atomic mass is 10.1. The van der Waals surface area contributed by atoms with Crippen LogP contribution in [0.15, 0.2) is 17.1 Å². The normalized spacial score (nSPS) is 12.0. The van der Waals surface area contributed by atoms with Gasteiger partial charge in [0.25, 0.3) is 0 Å². The smallest absolute Gasteiger partial charge is 0.339 e. The fraction of sp³-hybridized carbons (Fsp3) is 0.412. The lowest BCUT2D eigenvalue weighted by Crippen LogP contribution is -2.25. The quantitative estimate of drug-likeness (QED) is 0.382. The maximum Gasteiger partial charge on any atom is 0.339 e. The summed E-state index contributed by atoms with van der Waals surface area (Å²) >= 11 is 12.1. The monoisotopic (exact) mass is 387 g/mol. The average Bonchev–Trinajstić information content (AvgIpc) is 2.55. The van der Waals surface area contributed by atoms with E-state index in [1.165, 1.54) is 19.1 Å². The van der Waals surface area contributed by atoms with Gasteiger partial charge in [0.15, 0.2) is 5.92 Å². The van der Waals surface area contributed by atoms with Gasteiger partial charge < -0.3 is 9.47 Å². The Bertz CT molecular complexity index is 688. The van der Waals surface area contributed by atoms with Gasteiger partial charge in [-0.1, -0.05) is 30.1 Å². The number of hydrogen-bond acceptors (Lipinski definition) is 6. The minimum atomic E-state index is -1.16. The molecule has 0 aliphatic rings. The van der Waals surface area contributed by atoms with Gasteiger partial charge in [-0.05, 0) is 32.4 Å². The van der Waals surface area contributed by atoms with Gasteiger partial charge >= 0.3 is 11.9 Å². The number of carbonyl (C=O) groups excluding carboxylic acids is 3. The highest BCUT2D eigenvalue weighted by molar-refractivity contribution is 6.38. The van der Waals surface area contributed by atoms with Crippen molar-refractivity contribution in [2.75, 3.05) is 13.2 Å². The first-order valence-electron chi connectivity index (χ1n) is 7.69. The molecule has 0 amide bonds. The van der Waals surface area contributed by atoms with Crippen molar-refractivity contribution in [3.63, 3.8) is 0 Å². The Morgan fingerprint density at radius 2 is 1.88 bits per heavy atom. The topological polar surface area (TPSA) is 82.0 Å². The summed E-state index contributed by atoms with van der Waals surface area (Å²) in [5.41, 5.74) is 0.197. The van der Waals surface area contributed by atoms with Gasteiger partial charge in [-0.3, -0.25) is 14.6 Å². The summed E-state index contributed by atoms with van der Waals surface area (Å²) in [7, 11) is 0. The van der Waals surface area contributed by atoms with Crippen LogP contribution in [0.4, 0.5) is 5.69 Å². The molecule has 0 spiro atoms. The van der Waals surface area contributed by atoms with E-state index in [-0.39, 0.29) is 34.5 Å². The first kappa shape index (κ1) is 21.1. The molecule has 0 saturated carbocycles. The fourth-order valence-corrected chi connectivity index (χ4v) is 2.25. The fourth-order valence-electron chi connectivity index (χ4n) is 1.81.